The summed E-state index contributed by atoms with van der Waals surface area (Å²) in [6.45, 7) is 6.77. The Kier molecular flexibility index (Phi) is 2.28. The number of hydrogen-bond acceptors (Lipinski definition) is 1. The second-order valence-electron chi connectivity index (χ2n) is 4.22. The Morgan fingerprint density at radius 1 is 1.21 bits per heavy atom. The second kappa shape index (κ2) is 3.45. The Balaban J connectivity index is 2.43. The first-order chi connectivity index (χ1) is 6.68. The van der Waals surface area contributed by atoms with Gasteiger partial charge in [0.25, 0.3) is 0 Å². The predicted octanol–water partition coefficient (Wildman–Crippen LogP) is 3.09. The van der Waals surface area contributed by atoms with E-state index in [4.69, 9.17) is 0 Å². The van der Waals surface area contributed by atoms with Crippen molar-refractivity contribution in [1.29, 1.82) is 0 Å². The lowest BCUT2D eigenvalue weighted by Crippen LogP contribution is -2.02. The highest BCUT2D eigenvalue weighted by Gasteiger charge is 2.09. The molecule has 14 heavy (non-hydrogen) atoms. The molecule has 0 spiro atoms. The van der Waals surface area contributed by atoms with Gasteiger partial charge in [0.15, 0.2) is 0 Å². The van der Waals surface area contributed by atoms with Crippen LogP contribution < -0.4 is 0 Å². The third kappa shape index (κ3) is 1.52. The fraction of sp³-hybridized carbons (Fsp3) is 0.417. The predicted molar refractivity (Wildman–Crippen MR) is 58.4 cm³/mol. The number of fused-ring (bicyclic) bond motifs is 1. The molecule has 0 aromatic carbocycles. The summed E-state index contributed by atoms with van der Waals surface area (Å²) in [6, 6.07) is 4.32. The lowest BCUT2D eigenvalue weighted by Gasteiger charge is -2.15. The van der Waals surface area contributed by atoms with Crippen LogP contribution in [0.2, 0.25) is 0 Å². The Morgan fingerprint density at radius 3 is 2.71 bits per heavy atom. The summed E-state index contributed by atoms with van der Waals surface area (Å²) in [5.41, 5.74) is 2.54. The van der Waals surface area contributed by atoms with Gasteiger partial charge in [-0.3, -0.25) is 0 Å². The quantitative estimate of drug-likeness (QED) is 0.708. The number of aromatic nitrogens is 2. The number of nitrogens with zero attached hydrogens (tertiary/aromatic N) is 2. The van der Waals surface area contributed by atoms with Gasteiger partial charge in [0, 0.05) is 6.20 Å². The van der Waals surface area contributed by atoms with Crippen LogP contribution in [-0.2, 0) is 0 Å². The van der Waals surface area contributed by atoms with Crippen LogP contribution in [0.1, 0.15) is 32.3 Å². The second-order valence-corrected chi connectivity index (χ2v) is 4.22. The molecule has 0 aliphatic rings. The molecule has 1 unspecified atom stereocenters. The van der Waals surface area contributed by atoms with Gasteiger partial charge in [0.2, 0.25) is 0 Å². The summed E-state index contributed by atoms with van der Waals surface area (Å²) in [7, 11) is 0. The van der Waals surface area contributed by atoms with Crippen LogP contribution in [0.3, 0.4) is 0 Å². The molecule has 0 radical (unpaired) electrons. The first kappa shape index (κ1) is 9.25. The normalized spacial score (nSPS) is 13.7. The molecule has 2 nitrogen and oxygen atoms in total. The zero-order valence-corrected chi connectivity index (χ0v) is 8.94. The summed E-state index contributed by atoms with van der Waals surface area (Å²) in [5.74, 6) is 1.28. The highest BCUT2D eigenvalue weighted by atomic mass is 15.0. The molecule has 2 heterocycles. The van der Waals surface area contributed by atoms with E-state index in [1.165, 1.54) is 5.56 Å². The zero-order valence-electron chi connectivity index (χ0n) is 8.94. The third-order valence-corrected chi connectivity index (χ3v) is 2.96. The van der Waals surface area contributed by atoms with Gasteiger partial charge < -0.3 is 4.40 Å². The van der Waals surface area contributed by atoms with Gasteiger partial charge >= 0.3 is 0 Å². The molecule has 0 N–H and O–H groups in total. The maximum absolute atomic E-state index is 4.11. The molecular formula is C12H16N2. The summed E-state index contributed by atoms with van der Waals surface area (Å²) in [5, 5.41) is 0. The van der Waals surface area contributed by atoms with Gasteiger partial charge in [-0.2, -0.15) is 0 Å². The fourth-order valence-electron chi connectivity index (χ4n) is 1.59. The molecule has 0 bridgehead atoms. The molecule has 0 saturated carbocycles. The molecule has 1 atom stereocenters. The lowest BCUT2D eigenvalue weighted by atomic mass is 9.91. The standard InChI is InChI=1S/C12H16N2/c1-9(2)10(3)11-4-5-12-6-13-8-14(12)7-11/h4-10H,1-3H3. The number of imidazole rings is 1. The SMILES string of the molecule is CC(C)C(C)c1ccc2cncn2c1. The zero-order chi connectivity index (χ0) is 10.1. The molecule has 74 valence electrons. The lowest BCUT2D eigenvalue weighted by molar-refractivity contribution is 0.533. The van der Waals surface area contributed by atoms with Crippen LogP contribution in [0, 0.1) is 5.92 Å². The Labute approximate surface area is 84.6 Å². The minimum Gasteiger partial charge on any atom is -0.306 e. The van der Waals surface area contributed by atoms with E-state index >= 15 is 0 Å². The van der Waals surface area contributed by atoms with E-state index < -0.39 is 0 Å². The van der Waals surface area contributed by atoms with E-state index in [9.17, 15) is 0 Å². The third-order valence-electron chi connectivity index (χ3n) is 2.96. The molecular weight excluding hydrogens is 172 g/mol. The van der Waals surface area contributed by atoms with Crippen LogP contribution in [0.4, 0.5) is 0 Å². The minimum atomic E-state index is 0.599. The van der Waals surface area contributed by atoms with Crippen molar-refractivity contribution in [2.24, 2.45) is 5.92 Å². The van der Waals surface area contributed by atoms with Crippen molar-refractivity contribution < 1.29 is 0 Å². The molecule has 0 amide bonds. The topological polar surface area (TPSA) is 17.3 Å². The fourth-order valence-corrected chi connectivity index (χ4v) is 1.59. The van der Waals surface area contributed by atoms with E-state index in [1.807, 2.05) is 12.5 Å². The van der Waals surface area contributed by atoms with Gasteiger partial charge in [-0.15, -0.1) is 0 Å². The van der Waals surface area contributed by atoms with Crippen molar-refractivity contribution in [2.45, 2.75) is 26.7 Å². The van der Waals surface area contributed by atoms with Crippen LogP contribution in [0.5, 0.6) is 0 Å². The maximum Gasteiger partial charge on any atom is 0.0992 e. The van der Waals surface area contributed by atoms with E-state index in [0.29, 0.717) is 11.8 Å². The highest BCUT2D eigenvalue weighted by Crippen LogP contribution is 2.23. The molecule has 0 aliphatic carbocycles. The summed E-state index contributed by atoms with van der Waals surface area (Å²) in [6.07, 6.45) is 5.91. The van der Waals surface area contributed by atoms with Crippen LogP contribution in [-0.4, -0.2) is 9.38 Å². The van der Waals surface area contributed by atoms with Crippen LogP contribution >= 0.6 is 0 Å². The molecule has 2 rings (SSSR count). The van der Waals surface area contributed by atoms with Crippen molar-refractivity contribution in [3.63, 3.8) is 0 Å². The van der Waals surface area contributed by atoms with Crippen molar-refractivity contribution >= 4 is 5.52 Å². The molecule has 0 fully saturated rings. The van der Waals surface area contributed by atoms with Gasteiger partial charge in [-0.1, -0.05) is 26.8 Å². The van der Waals surface area contributed by atoms with E-state index in [0.717, 1.165) is 5.52 Å². The van der Waals surface area contributed by atoms with Gasteiger partial charge in [-0.05, 0) is 23.5 Å². The van der Waals surface area contributed by atoms with Crippen LogP contribution in [0.15, 0.2) is 30.9 Å². The monoisotopic (exact) mass is 188 g/mol. The molecule has 2 aromatic heterocycles. The van der Waals surface area contributed by atoms with Crippen LogP contribution in [0.25, 0.3) is 5.52 Å². The van der Waals surface area contributed by atoms with Gasteiger partial charge in [0.05, 0.1) is 18.0 Å². The van der Waals surface area contributed by atoms with E-state index in [1.54, 1.807) is 0 Å². The minimum absolute atomic E-state index is 0.599. The van der Waals surface area contributed by atoms with Crippen molar-refractivity contribution in [1.82, 2.24) is 9.38 Å². The highest BCUT2D eigenvalue weighted by molar-refractivity contribution is 5.45. The first-order valence-electron chi connectivity index (χ1n) is 5.10. The van der Waals surface area contributed by atoms with Gasteiger partial charge in [-0.25, -0.2) is 4.98 Å². The number of pyridine rings is 1. The smallest absolute Gasteiger partial charge is 0.0992 e. The average molecular weight is 188 g/mol. The Hall–Kier alpha value is -1.31. The number of rotatable bonds is 2. The maximum atomic E-state index is 4.11. The van der Waals surface area contributed by atoms with E-state index in [2.05, 4.69) is 48.5 Å². The first-order valence-corrected chi connectivity index (χ1v) is 5.10. The Morgan fingerprint density at radius 2 is 2.00 bits per heavy atom. The van der Waals surface area contributed by atoms with E-state index in [-0.39, 0.29) is 0 Å². The summed E-state index contributed by atoms with van der Waals surface area (Å²) >= 11 is 0. The summed E-state index contributed by atoms with van der Waals surface area (Å²) < 4.78 is 2.08. The summed E-state index contributed by atoms with van der Waals surface area (Å²) in [4.78, 5) is 4.11. The molecule has 0 aliphatic heterocycles. The van der Waals surface area contributed by atoms with Crippen molar-refractivity contribution in [2.75, 3.05) is 0 Å². The molecule has 2 aromatic rings. The van der Waals surface area contributed by atoms with Gasteiger partial charge in [0.1, 0.15) is 0 Å². The number of hydrogen-bond donors (Lipinski definition) is 0. The largest absolute Gasteiger partial charge is 0.306 e. The van der Waals surface area contributed by atoms with Crippen molar-refractivity contribution in [3.05, 3.63) is 36.4 Å². The molecule has 2 heteroatoms. The van der Waals surface area contributed by atoms with Crippen molar-refractivity contribution in [3.8, 4) is 0 Å². The average Bonchev–Trinajstić information content (AvgIpc) is 2.62. The Bertz CT molecular complexity index is 429. The molecule has 0 saturated heterocycles.